The van der Waals surface area contributed by atoms with Gasteiger partial charge in [-0.3, -0.25) is 9.59 Å². The average molecular weight is 418 g/mol. The monoisotopic (exact) mass is 417 g/mol. The Kier molecular flexibility index (Phi) is 7.91. The van der Waals surface area contributed by atoms with Crippen LogP contribution in [0.3, 0.4) is 0 Å². The zero-order valence-corrected chi connectivity index (χ0v) is 17.1. The molecule has 1 aromatic rings. The van der Waals surface area contributed by atoms with E-state index in [0.29, 0.717) is 16.5 Å². The molecule has 0 spiro atoms. The van der Waals surface area contributed by atoms with Gasteiger partial charge in [0.25, 0.3) is 0 Å². The van der Waals surface area contributed by atoms with Gasteiger partial charge in [-0.15, -0.1) is 0 Å². The Morgan fingerprint density at radius 1 is 1.33 bits per heavy atom. The molecule has 4 atom stereocenters. The zero-order valence-electron chi connectivity index (χ0n) is 15.6. The van der Waals surface area contributed by atoms with Gasteiger partial charge in [0.05, 0.1) is 19.1 Å². The van der Waals surface area contributed by atoms with Gasteiger partial charge in [0.15, 0.2) is 0 Å². The molecular weight excluding hydrogens is 393 g/mol. The van der Waals surface area contributed by atoms with E-state index in [4.69, 9.17) is 43.1 Å². The first-order valence-electron chi connectivity index (χ1n) is 8.87. The molecule has 1 aromatic carbocycles. The molecule has 0 saturated carbocycles. The second kappa shape index (κ2) is 9.73. The molecule has 27 heavy (non-hydrogen) atoms. The lowest BCUT2D eigenvalue weighted by Crippen LogP contribution is -2.43. The fourth-order valence-electron chi connectivity index (χ4n) is 2.84. The van der Waals surface area contributed by atoms with Gasteiger partial charge in [-0.05, 0) is 31.0 Å². The topological polar surface area (TPSA) is 87.9 Å². The van der Waals surface area contributed by atoms with Gasteiger partial charge in [0.1, 0.15) is 18.2 Å². The fourth-order valence-corrected chi connectivity index (χ4v) is 3.32. The number of esters is 2. The van der Waals surface area contributed by atoms with Crippen LogP contribution in [0.25, 0.3) is 0 Å². The first-order chi connectivity index (χ1) is 12.7. The zero-order chi connectivity index (χ0) is 20.1. The fraction of sp³-hybridized carbons (Fsp3) is 0.579. The SMILES string of the molecule is CC(C)C(=O)O[C@@H]1[C@@H](Cc2ccc(Cl)cc2Cl)COC[C@H](N)C(=O)O[C@H]1C. The number of ether oxygens (including phenoxy) is 3. The quantitative estimate of drug-likeness (QED) is 0.757. The van der Waals surface area contributed by atoms with Crippen LogP contribution in [0.15, 0.2) is 18.2 Å². The predicted molar refractivity (Wildman–Crippen MR) is 103 cm³/mol. The molecule has 1 heterocycles. The lowest BCUT2D eigenvalue weighted by molar-refractivity contribution is -0.173. The third kappa shape index (κ3) is 6.07. The molecule has 1 aliphatic heterocycles. The maximum Gasteiger partial charge on any atom is 0.325 e. The van der Waals surface area contributed by atoms with Crippen LogP contribution in [-0.2, 0) is 30.2 Å². The van der Waals surface area contributed by atoms with Gasteiger partial charge >= 0.3 is 11.9 Å². The van der Waals surface area contributed by atoms with E-state index < -0.39 is 24.2 Å². The van der Waals surface area contributed by atoms with E-state index in [9.17, 15) is 9.59 Å². The Morgan fingerprint density at radius 2 is 2.04 bits per heavy atom. The van der Waals surface area contributed by atoms with Crippen molar-refractivity contribution in [1.29, 1.82) is 0 Å². The van der Waals surface area contributed by atoms with E-state index in [0.717, 1.165) is 5.56 Å². The van der Waals surface area contributed by atoms with E-state index in [2.05, 4.69) is 0 Å². The van der Waals surface area contributed by atoms with Crippen LogP contribution in [0.4, 0.5) is 0 Å². The number of benzene rings is 1. The normalized spacial score (nSPS) is 26.7. The van der Waals surface area contributed by atoms with E-state index in [1.807, 2.05) is 6.07 Å². The molecule has 1 fully saturated rings. The molecule has 0 unspecified atom stereocenters. The Bertz CT molecular complexity index is 682. The van der Waals surface area contributed by atoms with Crippen molar-refractivity contribution in [2.75, 3.05) is 13.2 Å². The Balaban J connectivity index is 2.30. The van der Waals surface area contributed by atoms with Crippen LogP contribution in [0.1, 0.15) is 26.3 Å². The molecule has 2 rings (SSSR count). The van der Waals surface area contributed by atoms with Crippen LogP contribution < -0.4 is 5.73 Å². The van der Waals surface area contributed by atoms with Crippen molar-refractivity contribution in [3.63, 3.8) is 0 Å². The molecule has 0 aliphatic carbocycles. The highest BCUT2D eigenvalue weighted by molar-refractivity contribution is 6.35. The number of hydrogen-bond acceptors (Lipinski definition) is 6. The molecule has 0 aromatic heterocycles. The van der Waals surface area contributed by atoms with Gasteiger partial charge in [-0.2, -0.15) is 0 Å². The number of nitrogens with two attached hydrogens (primary N) is 1. The number of rotatable bonds is 4. The summed E-state index contributed by atoms with van der Waals surface area (Å²) in [6.07, 6.45) is -0.909. The maximum atomic E-state index is 12.2. The van der Waals surface area contributed by atoms with E-state index in [-0.39, 0.29) is 31.0 Å². The van der Waals surface area contributed by atoms with Crippen LogP contribution in [0, 0.1) is 11.8 Å². The van der Waals surface area contributed by atoms with Gasteiger partial charge in [0.2, 0.25) is 0 Å². The third-order valence-electron chi connectivity index (χ3n) is 4.38. The molecule has 1 saturated heterocycles. The van der Waals surface area contributed by atoms with Gasteiger partial charge in [-0.1, -0.05) is 43.1 Å². The average Bonchev–Trinajstić information content (AvgIpc) is 2.63. The summed E-state index contributed by atoms with van der Waals surface area (Å²) in [5.41, 5.74) is 6.61. The summed E-state index contributed by atoms with van der Waals surface area (Å²) in [5, 5.41) is 1.04. The van der Waals surface area contributed by atoms with Crippen molar-refractivity contribution < 1.29 is 23.8 Å². The maximum absolute atomic E-state index is 12.2. The molecule has 0 amide bonds. The lowest BCUT2D eigenvalue weighted by atomic mass is 9.91. The van der Waals surface area contributed by atoms with Crippen molar-refractivity contribution in [2.24, 2.45) is 17.6 Å². The van der Waals surface area contributed by atoms with E-state index in [1.54, 1.807) is 32.9 Å². The molecule has 8 heteroatoms. The first-order valence-corrected chi connectivity index (χ1v) is 9.62. The summed E-state index contributed by atoms with van der Waals surface area (Å²) >= 11 is 12.3. The molecule has 150 valence electrons. The van der Waals surface area contributed by atoms with Gasteiger partial charge in [-0.25, -0.2) is 0 Å². The third-order valence-corrected chi connectivity index (χ3v) is 4.97. The summed E-state index contributed by atoms with van der Waals surface area (Å²) < 4.78 is 16.7. The standard InChI is InChI=1S/C19H25Cl2NO5/c1-10(2)18(23)27-17-11(3)26-19(24)16(22)9-25-8-13(17)6-12-4-5-14(20)7-15(12)21/h4-5,7,10-11,13,16-17H,6,8-9,22H2,1-3H3/t11-,13-,16-,17-/m0/s1. The first kappa shape index (κ1) is 22.0. The number of cyclic esters (lactones) is 1. The largest absolute Gasteiger partial charge is 0.458 e. The van der Waals surface area contributed by atoms with Crippen LogP contribution in [0.2, 0.25) is 10.0 Å². The second-order valence-electron chi connectivity index (χ2n) is 7.04. The molecule has 0 radical (unpaired) electrons. The minimum absolute atomic E-state index is 0.0290. The van der Waals surface area contributed by atoms with Crippen molar-refractivity contribution in [3.8, 4) is 0 Å². The summed E-state index contributed by atoms with van der Waals surface area (Å²) in [6, 6.07) is 4.34. The Hall–Kier alpha value is -1.34. The second-order valence-corrected chi connectivity index (χ2v) is 7.89. The van der Waals surface area contributed by atoms with Crippen molar-refractivity contribution in [3.05, 3.63) is 33.8 Å². The predicted octanol–water partition coefficient (Wildman–Crippen LogP) is 3.01. The minimum Gasteiger partial charge on any atom is -0.458 e. The van der Waals surface area contributed by atoms with Gasteiger partial charge < -0.3 is 19.9 Å². The van der Waals surface area contributed by atoms with Gasteiger partial charge in [0, 0.05) is 16.0 Å². The highest BCUT2D eigenvalue weighted by Gasteiger charge is 2.36. The lowest BCUT2D eigenvalue weighted by Gasteiger charge is -2.31. The van der Waals surface area contributed by atoms with Crippen LogP contribution >= 0.6 is 23.2 Å². The highest BCUT2D eigenvalue weighted by atomic mass is 35.5. The van der Waals surface area contributed by atoms with Crippen molar-refractivity contribution >= 4 is 35.1 Å². The minimum atomic E-state index is -0.883. The smallest absolute Gasteiger partial charge is 0.325 e. The number of carbonyl (C=O) groups is 2. The number of carbonyl (C=O) groups excluding carboxylic acids is 2. The molecule has 2 N–H and O–H groups in total. The summed E-state index contributed by atoms with van der Waals surface area (Å²) in [4.78, 5) is 24.3. The number of hydrogen-bond donors (Lipinski definition) is 1. The summed E-state index contributed by atoms with van der Waals surface area (Å²) in [7, 11) is 0. The number of halogens is 2. The van der Waals surface area contributed by atoms with Crippen LogP contribution in [0.5, 0.6) is 0 Å². The van der Waals surface area contributed by atoms with Crippen LogP contribution in [-0.4, -0.2) is 43.4 Å². The van der Waals surface area contributed by atoms with E-state index >= 15 is 0 Å². The molecule has 0 bridgehead atoms. The highest BCUT2D eigenvalue weighted by Crippen LogP contribution is 2.28. The van der Waals surface area contributed by atoms with E-state index in [1.165, 1.54) is 0 Å². The molecule has 1 aliphatic rings. The molecule has 6 nitrogen and oxygen atoms in total. The van der Waals surface area contributed by atoms with Crippen molar-refractivity contribution in [2.45, 2.75) is 45.4 Å². The Morgan fingerprint density at radius 3 is 2.67 bits per heavy atom. The Labute approximate surface area is 169 Å². The summed E-state index contributed by atoms with van der Waals surface area (Å²) in [6.45, 7) is 5.44. The summed E-state index contributed by atoms with van der Waals surface area (Å²) in [5.74, 6) is -1.56. The molecular formula is C19H25Cl2NO5. The van der Waals surface area contributed by atoms with Crippen molar-refractivity contribution in [1.82, 2.24) is 0 Å².